The van der Waals surface area contributed by atoms with Crippen molar-refractivity contribution >= 4 is 33.7 Å². The lowest BCUT2D eigenvalue weighted by Crippen LogP contribution is -2.12. The predicted octanol–water partition coefficient (Wildman–Crippen LogP) is 5.80. The number of rotatable bonds is 5. The Morgan fingerprint density at radius 1 is 1.00 bits per heavy atom. The molecule has 134 valence electrons. The number of ether oxygens (including phenoxy) is 1. The van der Waals surface area contributed by atoms with Crippen molar-refractivity contribution in [1.29, 1.82) is 0 Å². The van der Waals surface area contributed by atoms with E-state index in [1.807, 2.05) is 47.8 Å². The van der Waals surface area contributed by atoms with Gasteiger partial charge in [0.15, 0.2) is 5.13 Å². The van der Waals surface area contributed by atoms with E-state index in [1.165, 1.54) is 11.3 Å². The number of carbonyl (C=O) groups is 1. The quantitative estimate of drug-likeness (QED) is 0.467. The van der Waals surface area contributed by atoms with Gasteiger partial charge >= 0.3 is 0 Å². The van der Waals surface area contributed by atoms with Crippen LogP contribution < -0.4 is 10.1 Å². The van der Waals surface area contributed by atoms with Gasteiger partial charge in [-0.2, -0.15) is 0 Å². The molecule has 0 atom stereocenters. The summed E-state index contributed by atoms with van der Waals surface area (Å²) >= 11 is 3.10. The third-order valence-corrected chi connectivity index (χ3v) is 5.89. The van der Waals surface area contributed by atoms with Crippen LogP contribution in [0.1, 0.15) is 10.4 Å². The van der Waals surface area contributed by atoms with Crippen molar-refractivity contribution in [3.8, 4) is 26.8 Å². The summed E-state index contributed by atoms with van der Waals surface area (Å²) in [4.78, 5) is 19.5. The average Bonchev–Trinajstić information content (AvgIpc) is 3.38. The minimum atomic E-state index is -0.237. The highest BCUT2D eigenvalue weighted by atomic mass is 32.1. The zero-order valence-electron chi connectivity index (χ0n) is 14.5. The molecule has 0 aliphatic heterocycles. The van der Waals surface area contributed by atoms with Crippen LogP contribution in [0.15, 0.2) is 72.1 Å². The normalized spacial score (nSPS) is 10.6. The zero-order valence-corrected chi connectivity index (χ0v) is 16.1. The van der Waals surface area contributed by atoms with Gasteiger partial charge in [0.05, 0.1) is 22.4 Å². The molecule has 1 N–H and O–H groups in total. The van der Waals surface area contributed by atoms with Gasteiger partial charge in [-0.25, -0.2) is 4.98 Å². The molecule has 0 fully saturated rings. The van der Waals surface area contributed by atoms with Crippen LogP contribution in [0.3, 0.4) is 0 Å². The molecule has 0 unspecified atom stereocenters. The Morgan fingerprint density at radius 3 is 2.52 bits per heavy atom. The minimum Gasteiger partial charge on any atom is -0.496 e. The first-order valence-corrected chi connectivity index (χ1v) is 10.0. The molecule has 2 heterocycles. The Labute approximate surface area is 165 Å². The molecule has 4 nitrogen and oxygen atoms in total. The summed E-state index contributed by atoms with van der Waals surface area (Å²) in [7, 11) is 1.55. The number of nitrogens with one attached hydrogen (secondary N) is 1. The summed E-state index contributed by atoms with van der Waals surface area (Å²) in [5.74, 6) is 0.298. The van der Waals surface area contributed by atoms with Crippen LogP contribution in [-0.4, -0.2) is 18.0 Å². The van der Waals surface area contributed by atoms with Crippen LogP contribution in [0.25, 0.3) is 21.0 Å². The van der Waals surface area contributed by atoms with E-state index >= 15 is 0 Å². The SMILES string of the molecule is COc1ccccc1C(=O)Nc1nc(-c2cccs2)c(-c2ccccc2)s1. The topological polar surface area (TPSA) is 51.2 Å². The molecule has 0 radical (unpaired) electrons. The molecule has 0 saturated heterocycles. The van der Waals surface area contributed by atoms with E-state index in [2.05, 4.69) is 17.4 Å². The Balaban J connectivity index is 1.71. The van der Waals surface area contributed by atoms with Gasteiger partial charge in [-0.3, -0.25) is 10.1 Å². The van der Waals surface area contributed by atoms with Crippen LogP contribution in [0.5, 0.6) is 5.75 Å². The number of nitrogens with zero attached hydrogens (tertiary/aromatic N) is 1. The van der Waals surface area contributed by atoms with Crippen molar-refractivity contribution in [2.75, 3.05) is 12.4 Å². The number of carbonyl (C=O) groups excluding carboxylic acids is 1. The molecule has 0 aliphatic rings. The third kappa shape index (κ3) is 3.63. The molecule has 2 aromatic carbocycles. The number of hydrogen-bond donors (Lipinski definition) is 1. The predicted molar refractivity (Wildman–Crippen MR) is 112 cm³/mol. The van der Waals surface area contributed by atoms with E-state index in [1.54, 1.807) is 30.6 Å². The molecule has 1 amide bonds. The summed E-state index contributed by atoms with van der Waals surface area (Å²) in [5.41, 5.74) is 2.45. The van der Waals surface area contributed by atoms with Gasteiger partial charge in [0.25, 0.3) is 5.91 Å². The number of thiophene rings is 1. The van der Waals surface area contributed by atoms with E-state index in [9.17, 15) is 4.79 Å². The largest absolute Gasteiger partial charge is 0.496 e. The molecule has 0 bridgehead atoms. The number of benzene rings is 2. The van der Waals surface area contributed by atoms with E-state index in [-0.39, 0.29) is 5.91 Å². The van der Waals surface area contributed by atoms with Gasteiger partial charge in [0.2, 0.25) is 0 Å². The number of amides is 1. The lowest BCUT2D eigenvalue weighted by atomic mass is 10.1. The Morgan fingerprint density at radius 2 is 1.78 bits per heavy atom. The second kappa shape index (κ2) is 7.73. The summed E-state index contributed by atoms with van der Waals surface area (Å²) in [6.07, 6.45) is 0. The summed E-state index contributed by atoms with van der Waals surface area (Å²) in [5, 5.41) is 5.51. The van der Waals surface area contributed by atoms with Crippen molar-refractivity contribution in [3.63, 3.8) is 0 Å². The lowest BCUT2D eigenvalue weighted by molar-refractivity contribution is 0.102. The maximum Gasteiger partial charge on any atom is 0.261 e. The zero-order chi connectivity index (χ0) is 18.6. The highest BCUT2D eigenvalue weighted by Crippen LogP contribution is 2.40. The van der Waals surface area contributed by atoms with Gasteiger partial charge in [-0.1, -0.05) is 59.9 Å². The van der Waals surface area contributed by atoms with Crippen LogP contribution >= 0.6 is 22.7 Å². The highest BCUT2D eigenvalue weighted by Gasteiger charge is 2.18. The first-order chi connectivity index (χ1) is 13.3. The molecule has 6 heteroatoms. The summed E-state index contributed by atoms with van der Waals surface area (Å²) in [6, 6.07) is 21.3. The monoisotopic (exact) mass is 392 g/mol. The molecule has 4 rings (SSSR count). The van der Waals surface area contributed by atoms with Gasteiger partial charge in [0, 0.05) is 0 Å². The van der Waals surface area contributed by atoms with Crippen molar-refractivity contribution in [2.45, 2.75) is 0 Å². The fourth-order valence-corrected chi connectivity index (χ4v) is 4.50. The second-order valence-corrected chi connectivity index (χ2v) is 7.64. The molecule has 4 aromatic rings. The summed E-state index contributed by atoms with van der Waals surface area (Å²) < 4.78 is 5.29. The van der Waals surface area contributed by atoms with Crippen molar-refractivity contribution < 1.29 is 9.53 Å². The minimum absolute atomic E-state index is 0.237. The number of anilines is 1. The number of aromatic nitrogens is 1. The smallest absolute Gasteiger partial charge is 0.261 e. The second-order valence-electron chi connectivity index (χ2n) is 5.69. The maximum absolute atomic E-state index is 12.7. The average molecular weight is 393 g/mol. The third-order valence-electron chi connectivity index (χ3n) is 3.99. The number of methoxy groups -OCH3 is 1. The Bertz CT molecular complexity index is 1060. The molecule has 27 heavy (non-hydrogen) atoms. The van der Waals surface area contributed by atoms with Gasteiger partial charge in [0.1, 0.15) is 11.4 Å². The number of para-hydroxylation sites is 1. The first kappa shape index (κ1) is 17.5. The molecule has 0 aliphatic carbocycles. The van der Waals surface area contributed by atoms with Crippen molar-refractivity contribution in [1.82, 2.24) is 4.98 Å². The molecule has 0 saturated carbocycles. The van der Waals surface area contributed by atoms with E-state index in [0.717, 1.165) is 21.0 Å². The van der Waals surface area contributed by atoms with Crippen LogP contribution in [0.4, 0.5) is 5.13 Å². The Hall–Kier alpha value is -2.96. The van der Waals surface area contributed by atoms with Gasteiger partial charge in [-0.15, -0.1) is 11.3 Å². The van der Waals surface area contributed by atoms with Gasteiger partial charge in [-0.05, 0) is 29.1 Å². The molecule has 2 aromatic heterocycles. The fraction of sp³-hybridized carbons (Fsp3) is 0.0476. The number of thiazole rings is 1. The van der Waals surface area contributed by atoms with Crippen LogP contribution in [0, 0.1) is 0 Å². The van der Waals surface area contributed by atoms with Crippen LogP contribution in [0.2, 0.25) is 0 Å². The lowest BCUT2D eigenvalue weighted by Gasteiger charge is -2.06. The molecular formula is C21H16N2O2S2. The van der Waals surface area contributed by atoms with E-state index in [0.29, 0.717) is 16.4 Å². The molecular weight excluding hydrogens is 376 g/mol. The first-order valence-electron chi connectivity index (χ1n) is 8.31. The van der Waals surface area contributed by atoms with Crippen molar-refractivity contribution in [3.05, 3.63) is 77.7 Å². The van der Waals surface area contributed by atoms with Gasteiger partial charge < -0.3 is 4.74 Å². The number of hydrogen-bond acceptors (Lipinski definition) is 5. The van der Waals surface area contributed by atoms with Crippen molar-refractivity contribution in [2.24, 2.45) is 0 Å². The van der Waals surface area contributed by atoms with E-state index < -0.39 is 0 Å². The Kier molecular flexibility index (Phi) is 5.00. The van der Waals surface area contributed by atoms with Crippen LogP contribution in [-0.2, 0) is 0 Å². The fourth-order valence-electron chi connectivity index (χ4n) is 2.74. The molecule has 0 spiro atoms. The maximum atomic E-state index is 12.7. The highest BCUT2D eigenvalue weighted by molar-refractivity contribution is 7.20. The van der Waals surface area contributed by atoms with E-state index in [4.69, 9.17) is 9.72 Å². The summed E-state index contributed by atoms with van der Waals surface area (Å²) in [6.45, 7) is 0. The standard InChI is InChI=1S/C21H16N2O2S2/c1-25-16-11-6-5-10-15(16)20(24)23-21-22-18(17-12-7-13-26-17)19(27-21)14-8-3-2-4-9-14/h2-13H,1H3,(H,22,23,24).